The van der Waals surface area contributed by atoms with Crippen LogP contribution in [0.4, 0.5) is 0 Å². The van der Waals surface area contributed by atoms with Gasteiger partial charge in [-0.1, -0.05) is 41.0 Å². The van der Waals surface area contributed by atoms with Crippen molar-refractivity contribution in [3.05, 3.63) is 0 Å². The molecule has 0 radical (unpaired) electrons. The topological polar surface area (TPSA) is 77.8 Å². The predicted molar refractivity (Wildman–Crippen MR) is 122 cm³/mol. The second-order valence-corrected chi connectivity index (χ2v) is 12.6. The maximum absolute atomic E-state index is 11.7. The number of carboxylic acid groups (broad SMARTS) is 1. The highest BCUT2D eigenvalue weighted by atomic mass is 16.4. The number of hydrogen-bond acceptors (Lipinski definition) is 3. The van der Waals surface area contributed by atoms with E-state index in [4.69, 9.17) is 0 Å². The van der Waals surface area contributed by atoms with Gasteiger partial charge in [-0.3, -0.25) is 4.79 Å². The molecule has 0 aliphatic heterocycles. The molecule has 4 heteroatoms. The normalized spacial score (nSPS) is 51.3. The Labute approximate surface area is 189 Å². The van der Waals surface area contributed by atoms with Gasteiger partial charge in [-0.05, 0) is 104 Å². The van der Waals surface area contributed by atoms with Crippen molar-refractivity contribution in [2.24, 2.45) is 58.2 Å². The summed E-state index contributed by atoms with van der Waals surface area (Å²) in [5, 5.41) is 31.6. The summed E-state index contributed by atoms with van der Waals surface area (Å²) >= 11 is 0. The van der Waals surface area contributed by atoms with Gasteiger partial charge in [0.1, 0.15) is 0 Å². The van der Waals surface area contributed by atoms with Crippen molar-refractivity contribution in [1.82, 2.24) is 0 Å². The Morgan fingerprint density at radius 1 is 0.968 bits per heavy atom. The van der Waals surface area contributed by atoms with E-state index in [0.29, 0.717) is 41.4 Å². The summed E-state index contributed by atoms with van der Waals surface area (Å²) in [4.78, 5) is 11.5. The van der Waals surface area contributed by atoms with Gasteiger partial charge in [0, 0.05) is 0 Å². The minimum absolute atomic E-state index is 0.197. The molecular weight excluding hydrogens is 388 g/mol. The van der Waals surface area contributed by atoms with Crippen LogP contribution in [-0.2, 0) is 4.79 Å². The van der Waals surface area contributed by atoms with Crippen molar-refractivity contribution >= 4 is 5.97 Å². The van der Waals surface area contributed by atoms with Crippen molar-refractivity contribution in [3.8, 4) is 0 Å². The highest BCUT2D eigenvalue weighted by molar-refractivity contribution is 5.69. The lowest BCUT2D eigenvalue weighted by atomic mass is 9.41. The predicted octanol–water partition coefficient (Wildman–Crippen LogP) is 5.36. The second kappa shape index (κ2) is 8.31. The summed E-state index contributed by atoms with van der Waals surface area (Å²) in [6.45, 7) is 11.3. The first-order chi connectivity index (χ1) is 14.5. The molecule has 4 nitrogen and oxygen atoms in total. The number of fused-ring (bicyclic) bond motifs is 5. The SMILES string of the molecule is CC[C@@H]1C2C[C@H](O)CC[C@]2(C)C2CC[C@@]3(C)C(CC[C@@H]3[C@H](C)C[C@H](C)C(=O)O)C2[C@@H]1O. The molecule has 4 saturated carbocycles. The van der Waals surface area contributed by atoms with Crippen LogP contribution in [0.15, 0.2) is 0 Å². The number of aliphatic hydroxyl groups is 2. The molecule has 0 saturated heterocycles. The lowest BCUT2D eigenvalue weighted by molar-refractivity contribution is -0.203. The molecular formula is C27H46O4. The molecule has 4 unspecified atom stereocenters. The van der Waals surface area contributed by atoms with Gasteiger partial charge in [-0.15, -0.1) is 0 Å². The monoisotopic (exact) mass is 434 g/mol. The van der Waals surface area contributed by atoms with Crippen molar-refractivity contribution in [2.45, 2.75) is 105 Å². The van der Waals surface area contributed by atoms with E-state index in [0.717, 1.165) is 32.1 Å². The highest BCUT2D eigenvalue weighted by Crippen LogP contribution is 2.69. The smallest absolute Gasteiger partial charge is 0.306 e. The summed E-state index contributed by atoms with van der Waals surface area (Å²) in [5.74, 6) is 2.23. The van der Waals surface area contributed by atoms with E-state index in [1.807, 2.05) is 6.92 Å². The Balaban J connectivity index is 1.61. The van der Waals surface area contributed by atoms with Crippen molar-refractivity contribution < 1.29 is 20.1 Å². The van der Waals surface area contributed by atoms with Crippen LogP contribution in [0.1, 0.15) is 92.4 Å². The Kier molecular flexibility index (Phi) is 6.31. The van der Waals surface area contributed by atoms with Crippen LogP contribution in [-0.4, -0.2) is 33.5 Å². The number of aliphatic carboxylic acids is 1. The van der Waals surface area contributed by atoms with Crippen LogP contribution in [0.5, 0.6) is 0 Å². The summed E-state index contributed by atoms with van der Waals surface area (Å²) in [6.07, 6.45) is 8.95. The molecule has 31 heavy (non-hydrogen) atoms. The second-order valence-electron chi connectivity index (χ2n) is 12.6. The fourth-order valence-corrected chi connectivity index (χ4v) is 9.76. The van der Waals surface area contributed by atoms with Crippen LogP contribution in [0.2, 0.25) is 0 Å². The zero-order valence-electron chi connectivity index (χ0n) is 20.4. The van der Waals surface area contributed by atoms with E-state index < -0.39 is 5.97 Å². The molecule has 0 amide bonds. The molecule has 0 spiro atoms. The van der Waals surface area contributed by atoms with E-state index in [1.165, 1.54) is 25.7 Å². The van der Waals surface area contributed by atoms with Gasteiger partial charge in [0.25, 0.3) is 0 Å². The van der Waals surface area contributed by atoms with Gasteiger partial charge in [-0.25, -0.2) is 0 Å². The fourth-order valence-electron chi connectivity index (χ4n) is 9.76. The Morgan fingerprint density at radius 2 is 1.61 bits per heavy atom. The first-order valence-corrected chi connectivity index (χ1v) is 13.1. The molecule has 0 aromatic carbocycles. The van der Waals surface area contributed by atoms with Gasteiger partial charge < -0.3 is 15.3 Å². The highest BCUT2D eigenvalue weighted by Gasteiger charge is 2.64. The van der Waals surface area contributed by atoms with Gasteiger partial charge in [0.2, 0.25) is 0 Å². The quantitative estimate of drug-likeness (QED) is 0.544. The van der Waals surface area contributed by atoms with Crippen LogP contribution in [0, 0.1) is 58.2 Å². The summed E-state index contributed by atoms with van der Waals surface area (Å²) in [6, 6.07) is 0. The summed E-state index contributed by atoms with van der Waals surface area (Å²) in [7, 11) is 0. The maximum Gasteiger partial charge on any atom is 0.306 e. The third kappa shape index (κ3) is 3.59. The maximum atomic E-state index is 11.7. The average molecular weight is 435 g/mol. The van der Waals surface area contributed by atoms with Gasteiger partial charge in [0.05, 0.1) is 18.1 Å². The minimum atomic E-state index is -0.679. The van der Waals surface area contributed by atoms with Crippen LogP contribution in [0.25, 0.3) is 0 Å². The number of hydrogen-bond donors (Lipinski definition) is 3. The lowest BCUT2D eigenvalue weighted by Gasteiger charge is -2.64. The van der Waals surface area contributed by atoms with E-state index in [1.54, 1.807) is 0 Å². The van der Waals surface area contributed by atoms with Crippen LogP contribution >= 0.6 is 0 Å². The van der Waals surface area contributed by atoms with Crippen molar-refractivity contribution in [3.63, 3.8) is 0 Å². The zero-order chi connectivity index (χ0) is 22.7. The number of rotatable bonds is 5. The Morgan fingerprint density at radius 3 is 2.26 bits per heavy atom. The molecule has 4 aliphatic carbocycles. The first-order valence-electron chi connectivity index (χ1n) is 13.1. The van der Waals surface area contributed by atoms with Gasteiger partial charge in [0.15, 0.2) is 0 Å². The molecule has 0 aromatic heterocycles. The average Bonchev–Trinajstić information content (AvgIpc) is 3.06. The van der Waals surface area contributed by atoms with E-state index in [9.17, 15) is 20.1 Å². The first kappa shape index (κ1) is 23.5. The van der Waals surface area contributed by atoms with Gasteiger partial charge >= 0.3 is 5.97 Å². The third-order valence-electron chi connectivity index (χ3n) is 11.3. The van der Waals surface area contributed by atoms with E-state index in [-0.39, 0.29) is 29.0 Å². The molecule has 0 heterocycles. The van der Waals surface area contributed by atoms with Crippen molar-refractivity contribution in [1.29, 1.82) is 0 Å². The van der Waals surface area contributed by atoms with Crippen LogP contribution < -0.4 is 0 Å². The summed E-state index contributed by atoms with van der Waals surface area (Å²) in [5.41, 5.74) is 0.460. The molecule has 4 fully saturated rings. The molecule has 0 bridgehead atoms. The number of carbonyl (C=O) groups is 1. The number of aliphatic hydroxyl groups excluding tert-OH is 2. The van der Waals surface area contributed by atoms with E-state index in [2.05, 4.69) is 27.7 Å². The van der Waals surface area contributed by atoms with Crippen LogP contribution in [0.3, 0.4) is 0 Å². The standard InChI is InChI=1S/C27H46O4/c1-6-18-22-14-17(28)9-11-27(22,5)21-10-12-26(4)19(15(2)13-16(3)25(30)31)7-8-20(26)23(21)24(18)29/h15-24,28-29H,6-14H2,1-5H3,(H,30,31)/t15-,16+,17-,18-,19-,20?,21?,22?,23?,24-,26-,27-/m1/s1. The minimum Gasteiger partial charge on any atom is -0.481 e. The number of carboxylic acids is 1. The summed E-state index contributed by atoms with van der Waals surface area (Å²) < 4.78 is 0. The fraction of sp³-hybridized carbons (Fsp3) is 0.963. The Bertz CT molecular complexity index is 678. The zero-order valence-corrected chi connectivity index (χ0v) is 20.4. The van der Waals surface area contributed by atoms with Crippen molar-refractivity contribution in [2.75, 3.05) is 0 Å². The molecule has 178 valence electrons. The molecule has 3 N–H and O–H groups in total. The van der Waals surface area contributed by atoms with E-state index >= 15 is 0 Å². The lowest BCUT2D eigenvalue weighted by Crippen LogP contribution is -2.62. The molecule has 4 aliphatic rings. The molecule has 4 rings (SSSR count). The largest absolute Gasteiger partial charge is 0.481 e. The third-order valence-corrected chi connectivity index (χ3v) is 11.3. The Hall–Kier alpha value is -0.610. The molecule has 0 aromatic rings. The van der Waals surface area contributed by atoms with Gasteiger partial charge in [-0.2, -0.15) is 0 Å². The molecule has 12 atom stereocenters.